The van der Waals surface area contributed by atoms with Crippen molar-refractivity contribution in [2.45, 2.75) is 24.2 Å². The Kier molecular flexibility index (Phi) is 5.92. The summed E-state index contributed by atoms with van der Waals surface area (Å²) in [5, 5.41) is 13.1. The summed E-state index contributed by atoms with van der Waals surface area (Å²) in [6.45, 7) is 2.03. The van der Waals surface area contributed by atoms with Gasteiger partial charge in [0, 0.05) is 30.0 Å². The minimum Gasteiger partial charge on any atom is -0.383 e. The molecule has 0 aliphatic carbocycles. The molecule has 0 spiro atoms. The number of methoxy groups -OCH3 is 1. The summed E-state index contributed by atoms with van der Waals surface area (Å²) in [5.41, 5.74) is 1.27. The largest absolute Gasteiger partial charge is 0.383 e. The van der Waals surface area contributed by atoms with E-state index in [-0.39, 0.29) is 11.9 Å². The maximum atomic E-state index is 13.1. The van der Waals surface area contributed by atoms with Crippen LogP contribution in [-0.4, -0.2) is 51.6 Å². The van der Waals surface area contributed by atoms with Gasteiger partial charge in [-0.15, -0.1) is 32.9 Å². The predicted octanol–water partition coefficient (Wildman–Crippen LogP) is 3.31. The maximum absolute atomic E-state index is 13.1. The molecular weight excluding hydrogens is 400 g/mol. The lowest BCUT2D eigenvalue weighted by Crippen LogP contribution is -2.40. The van der Waals surface area contributed by atoms with E-state index in [0.717, 1.165) is 18.1 Å². The van der Waals surface area contributed by atoms with Gasteiger partial charge < -0.3 is 14.2 Å². The van der Waals surface area contributed by atoms with Gasteiger partial charge in [0.2, 0.25) is 5.91 Å². The summed E-state index contributed by atoms with van der Waals surface area (Å²) >= 11 is 4.93. The van der Waals surface area contributed by atoms with E-state index in [2.05, 4.69) is 39.2 Å². The Morgan fingerprint density at radius 3 is 3.11 bits per heavy atom. The van der Waals surface area contributed by atoms with Crippen molar-refractivity contribution in [3.63, 3.8) is 0 Å². The zero-order valence-electron chi connectivity index (χ0n) is 14.9. The van der Waals surface area contributed by atoms with Gasteiger partial charge in [-0.05, 0) is 34.9 Å². The van der Waals surface area contributed by atoms with E-state index < -0.39 is 0 Å². The van der Waals surface area contributed by atoms with Crippen LogP contribution in [0.3, 0.4) is 0 Å². The van der Waals surface area contributed by atoms with Crippen molar-refractivity contribution < 1.29 is 9.53 Å². The van der Waals surface area contributed by atoms with Gasteiger partial charge in [-0.25, -0.2) is 0 Å². The molecule has 0 saturated carbocycles. The Balaban J connectivity index is 1.49. The number of thiophene rings is 2. The number of rotatable bonds is 7. The second-order valence-corrected chi connectivity index (χ2v) is 9.07. The van der Waals surface area contributed by atoms with Crippen LogP contribution < -0.4 is 0 Å². The van der Waals surface area contributed by atoms with Crippen molar-refractivity contribution in [1.29, 1.82) is 0 Å². The van der Waals surface area contributed by atoms with Gasteiger partial charge in [0.05, 0.1) is 18.4 Å². The first-order chi connectivity index (χ1) is 13.3. The Hall–Kier alpha value is -1.68. The number of fused-ring (bicyclic) bond motifs is 1. The van der Waals surface area contributed by atoms with Gasteiger partial charge in [-0.3, -0.25) is 4.79 Å². The number of nitrogens with zero attached hydrogens (tertiary/aromatic N) is 4. The molecule has 4 rings (SSSR count). The third kappa shape index (κ3) is 3.96. The lowest BCUT2D eigenvalue weighted by atomic mass is 9.98. The summed E-state index contributed by atoms with van der Waals surface area (Å²) < 4.78 is 7.04. The predicted molar refractivity (Wildman–Crippen MR) is 109 cm³/mol. The Morgan fingerprint density at radius 2 is 2.30 bits per heavy atom. The molecule has 0 N–H and O–H groups in total. The van der Waals surface area contributed by atoms with Crippen LogP contribution >= 0.6 is 34.4 Å². The van der Waals surface area contributed by atoms with Crippen LogP contribution in [0.4, 0.5) is 0 Å². The first-order valence-corrected chi connectivity index (χ1v) is 11.4. The van der Waals surface area contributed by atoms with Crippen molar-refractivity contribution >= 4 is 40.3 Å². The van der Waals surface area contributed by atoms with E-state index in [4.69, 9.17) is 4.74 Å². The number of carbonyl (C=O) groups excluding carboxylic acids is 1. The molecule has 0 unspecified atom stereocenters. The molecular formula is C18H20N4O2S3. The average Bonchev–Trinajstić information content (AvgIpc) is 3.45. The zero-order chi connectivity index (χ0) is 18.6. The van der Waals surface area contributed by atoms with Gasteiger partial charge in [-0.1, -0.05) is 17.8 Å². The molecule has 27 heavy (non-hydrogen) atoms. The highest BCUT2D eigenvalue weighted by atomic mass is 32.2. The molecule has 0 bridgehead atoms. The van der Waals surface area contributed by atoms with Gasteiger partial charge in [0.15, 0.2) is 5.16 Å². The molecule has 3 aromatic heterocycles. The van der Waals surface area contributed by atoms with Crippen LogP contribution in [0.25, 0.3) is 0 Å². The highest BCUT2D eigenvalue weighted by Crippen LogP contribution is 2.39. The fourth-order valence-corrected chi connectivity index (χ4v) is 5.83. The number of carbonyl (C=O) groups is 1. The molecule has 6 nitrogen and oxygen atoms in total. The maximum Gasteiger partial charge on any atom is 0.233 e. The Bertz CT molecular complexity index is 890. The summed E-state index contributed by atoms with van der Waals surface area (Å²) in [4.78, 5) is 17.7. The quantitative estimate of drug-likeness (QED) is 0.549. The van der Waals surface area contributed by atoms with Gasteiger partial charge in [0.1, 0.15) is 6.33 Å². The van der Waals surface area contributed by atoms with Crippen molar-refractivity contribution in [1.82, 2.24) is 19.7 Å². The first kappa shape index (κ1) is 18.7. The molecule has 0 aromatic carbocycles. The molecule has 0 saturated heterocycles. The molecule has 0 radical (unpaired) electrons. The lowest BCUT2D eigenvalue weighted by molar-refractivity contribution is -0.130. The van der Waals surface area contributed by atoms with Crippen LogP contribution in [0.5, 0.6) is 0 Å². The molecule has 1 aliphatic heterocycles. The SMILES string of the molecule is COCCn1cnnc1SCC(=O)N1CCc2sccc2[C@@H]1c1cccs1. The molecule has 1 aliphatic rings. The first-order valence-electron chi connectivity index (χ1n) is 8.66. The van der Waals surface area contributed by atoms with E-state index in [9.17, 15) is 4.79 Å². The van der Waals surface area contributed by atoms with Crippen molar-refractivity contribution in [2.75, 3.05) is 26.0 Å². The smallest absolute Gasteiger partial charge is 0.233 e. The number of aromatic nitrogens is 3. The summed E-state index contributed by atoms with van der Waals surface area (Å²) in [6, 6.07) is 6.37. The second kappa shape index (κ2) is 8.55. The fraction of sp³-hybridized carbons (Fsp3) is 0.389. The van der Waals surface area contributed by atoms with Crippen LogP contribution in [0.2, 0.25) is 0 Å². The van der Waals surface area contributed by atoms with Crippen molar-refractivity contribution in [3.8, 4) is 0 Å². The van der Waals surface area contributed by atoms with Crippen molar-refractivity contribution in [3.05, 3.63) is 50.6 Å². The zero-order valence-corrected chi connectivity index (χ0v) is 17.4. The minimum absolute atomic E-state index is 0.0273. The van der Waals surface area contributed by atoms with Crippen molar-refractivity contribution in [2.24, 2.45) is 0 Å². The highest BCUT2D eigenvalue weighted by molar-refractivity contribution is 7.99. The number of hydrogen-bond donors (Lipinski definition) is 0. The highest BCUT2D eigenvalue weighted by Gasteiger charge is 2.33. The van der Waals surface area contributed by atoms with E-state index >= 15 is 0 Å². The summed E-state index contributed by atoms with van der Waals surface area (Å²) in [6.07, 6.45) is 2.61. The molecule has 3 aromatic rings. The third-order valence-electron chi connectivity index (χ3n) is 4.54. The molecule has 142 valence electrons. The minimum atomic E-state index is 0.0273. The lowest BCUT2D eigenvalue weighted by Gasteiger charge is -2.35. The summed E-state index contributed by atoms with van der Waals surface area (Å²) in [5.74, 6) is 0.490. The average molecular weight is 421 g/mol. The number of ether oxygens (including phenoxy) is 1. The van der Waals surface area contributed by atoms with E-state index in [1.54, 1.807) is 36.1 Å². The second-order valence-electron chi connectivity index (χ2n) is 6.14. The van der Waals surface area contributed by atoms with Crippen LogP contribution in [0.15, 0.2) is 40.4 Å². The Morgan fingerprint density at radius 1 is 1.37 bits per heavy atom. The standard InChI is InChI=1S/C18H20N4O2S3/c1-24-8-7-21-12-19-20-18(21)27-11-16(23)22-6-4-14-13(5-10-26-14)17(22)15-3-2-9-25-15/h2-3,5,9-10,12,17H,4,6-8,11H2,1H3/t17-/m1/s1. The fourth-order valence-electron chi connectivity index (χ4n) is 3.25. The molecule has 0 fully saturated rings. The summed E-state index contributed by atoms with van der Waals surface area (Å²) in [7, 11) is 1.67. The molecule has 4 heterocycles. The normalized spacial score (nSPS) is 16.5. The third-order valence-corrected chi connectivity index (χ3v) is 7.43. The Labute approximate surface area is 170 Å². The van der Waals surface area contributed by atoms with Gasteiger partial charge in [0.25, 0.3) is 0 Å². The monoisotopic (exact) mass is 420 g/mol. The van der Waals surface area contributed by atoms with E-state index in [0.29, 0.717) is 18.9 Å². The molecule has 1 amide bonds. The van der Waals surface area contributed by atoms with E-state index in [1.807, 2.05) is 9.47 Å². The van der Waals surface area contributed by atoms with Crippen LogP contribution in [0, 0.1) is 0 Å². The molecule has 9 heteroatoms. The molecule has 1 atom stereocenters. The van der Waals surface area contributed by atoms with Gasteiger partial charge in [-0.2, -0.15) is 0 Å². The van der Waals surface area contributed by atoms with Crippen LogP contribution in [-0.2, 0) is 22.5 Å². The topological polar surface area (TPSA) is 60.2 Å². The number of hydrogen-bond acceptors (Lipinski definition) is 7. The van der Waals surface area contributed by atoms with E-state index in [1.165, 1.54) is 27.1 Å². The van der Waals surface area contributed by atoms with Crippen LogP contribution in [0.1, 0.15) is 21.4 Å². The number of amides is 1. The number of thioether (sulfide) groups is 1. The van der Waals surface area contributed by atoms with Gasteiger partial charge >= 0.3 is 0 Å².